The Hall–Kier alpha value is -1.70. The van der Waals surface area contributed by atoms with Crippen LogP contribution in [0.1, 0.15) is 70.7 Å². The number of allylic oxidation sites excluding steroid dienone is 2. The highest BCUT2D eigenvalue weighted by Gasteiger charge is 2.54. The van der Waals surface area contributed by atoms with Gasteiger partial charge in [-0.05, 0) is 48.6 Å². The van der Waals surface area contributed by atoms with E-state index in [1.165, 1.54) is 37.7 Å². The molecule has 2 saturated carbocycles. The predicted molar refractivity (Wildman–Crippen MR) is 88.6 cm³/mol. The number of carbonyl (C=O) groups is 2. The zero-order valence-corrected chi connectivity index (χ0v) is 13.3. The van der Waals surface area contributed by atoms with E-state index in [4.69, 9.17) is 0 Å². The van der Waals surface area contributed by atoms with Crippen molar-refractivity contribution in [3.63, 3.8) is 0 Å². The van der Waals surface area contributed by atoms with Gasteiger partial charge < -0.3 is 0 Å². The third-order valence-corrected chi connectivity index (χ3v) is 6.72. The van der Waals surface area contributed by atoms with E-state index < -0.39 is 0 Å². The lowest BCUT2D eigenvalue weighted by Gasteiger charge is -2.32. The minimum atomic E-state index is -0.0782. The van der Waals surface area contributed by atoms with Crippen LogP contribution in [-0.2, 0) is 0 Å². The van der Waals surface area contributed by atoms with Crippen molar-refractivity contribution in [1.29, 1.82) is 0 Å². The standard InChI is InChI=1S/C21H22O2/c22-20-16-9-8-13(12-4-2-1-3-5-12)11-17(16)21(23)19-15-7-6-14(10-15)18(19)20/h6-9,11-12,14-15,18-19H,1-5,10H2. The Labute approximate surface area is 137 Å². The second-order valence-electron chi connectivity index (χ2n) is 7.87. The fraction of sp³-hybridized carbons (Fsp3) is 0.524. The van der Waals surface area contributed by atoms with Gasteiger partial charge in [-0.25, -0.2) is 0 Å². The summed E-state index contributed by atoms with van der Waals surface area (Å²) in [6, 6.07) is 6.13. The van der Waals surface area contributed by atoms with Crippen LogP contribution in [-0.4, -0.2) is 11.6 Å². The van der Waals surface area contributed by atoms with Crippen molar-refractivity contribution < 1.29 is 9.59 Å². The van der Waals surface area contributed by atoms with Crippen molar-refractivity contribution in [3.05, 3.63) is 47.0 Å². The SMILES string of the molecule is O=C1c2ccc(C3CCCCC3)cc2C(=O)C2C3C=CC(C3)C12. The lowest BCUT2D eigenvalue weighted by Crippen LogP contribution is -2.39. The summed E-state index contributed by atoms with van der Waals surface area (Å²) in [6.07, 6.45) is 11.7. The zero-order chi connectivity index (χ0) is 15.6. The first-order valence-corrected chi connectivity index (χ1v) is 9.15. The highest BCUT2D eigenvalue weighted by molar-refractivity contribution is 6.17. The maximum Gasteiger partial charge on any atom is 0.168 e. The average Bonchev–Trinajstić information content (AvgIpc) is 3.21. The van der Waals surface area contributed by atoms with Gasteiger partial charge in [-0.2, -0.15) is 0 Å². The van der Waals surface area contributed by atoms with Crippen molar-refractivity contribution in [2.24, 2.45) is 23.7 Å². The molecule has 2 bridgehead atoms. The molecule has 0 heterocycles. The average molecular weight is 306 g/mol. The molecule has 4 unspecified atom stereocenters. The molecule has 2 nitrogen and oxygen atoms in total. The molecule has 0 radical (unpaired) electrons. The molecular formula is C21H22O2. The predicted octanol–water partition coefficient (Wildman–Crippen LogP) is 4.55. The Morgan fingerprint density at radius 3 is 2.13 bits per heavy atom. The number of benzene rings is 1. The fourth-order valence-electron chi connectivity index (χ4n) is 5.57. The quantitative estimate of drug-likeness (QED) is 0.713. The van der Waals surface area contributed by atoms with E-state index in [2.05, 4.69) is 24.3 Å². The topological polar surface area (TPSA) is 34.1 Å². The number of carbonyl (C=O) groups excluding carboxylic acids is 2. The summed E-state index contributed by atoms with van der Waals surface area (Å²) in [7, 11) is 0. The van der Waals surface area contributed by atoms with Gasteiger partial charge in [0.1, 0.15) is 0 Å². The Bertz CT molecular complexity index is 723. The molecule has 2 heteroatoms. The molecule has 23 heavy (non-hydrogen) atoms. The number of ketones is 2. The highest BCUT2D eigenvalue weighted by atomic mass is 16.1. The molecule has 0 amide bonds. The molecule has 0 N–H and O–H groups in total. The van der Waals surface area contributed by atoms with Gasteiger partial charge in [0.25, 0.3) is 0 Å². The lowest BCUT2D eigenvalue weighted by atomic mass is 9.68. The van der Waals surface area contributed by atoms with E-state index in [0.717, 1.165) is 12.0 Å². The minimum Gasteiger partial charge on any atom is -0.294 e. The van der Waals surface area contributed by atoms with E-state index in [9.17, 15) is 9.59 Å². The number of hydrogen-bond donors (Lipinski definition) is 0. The normalized spacial score (nSPS) is 35.5. The number of fused-ring (bicyclic) bond motifs is 6. The molecule has 0 spiro atoms. The zero-order valence-electron chi connectivity index (χ0n) is 13.3. The van der Waals surface area contributed by atoms with E-state index in [1.807, 2.05) is 6.07 Å². The van der Waals surface area contributed by atoms with Gasteiger partial charge in [-0.3, -0.25) is 9.59 Å². The fourth-order valence-corrected chi connectivity index (χ4v) is 5.57. The van der Waals surface area contributed by atoms with E-state index in [1.54, 1.807) is 0 Å². The van der Waals surface area contributed by atoms with Crippen LogP contribution >= 0.6 is 0 Å². The van der Waals surface area contributed by atoms with E-state index >= 15 is 0 Å². The van der Waals surface area contributed by atoms with E-state index in [-0.39, 0.29) is 23.4 Å². The van der Waals surface area contributed by atoms with Crippen LogP contribution in [0.25, 0.3) is 0 Å². The van der Waals surface area contributed by atoms with Crippen molar-refractivity contribution in [3.8, 4) is 0 Å². The summed E-state index contributed by atoms with van der Waals surface area (Å²) in [5.74, 6) is 1.48. The van der Waals surface area contributed by atoms with Crippen LogP contribution in [0.5, 0.6) is 0 Å². The van der Waals surface area contributed by atoms with E-state index in [0.29, 0.717) is 23.3 Å². The van der Waals surface area contributed by atoms with Gasteiger partial charge in [0.05, 0.1) is 0 Å². The molecule has 0 aromatic heterocycles. The Kier molecular flexibility index (Phi) is 2.92. The van der Waals surface area contributed by atoms with Gasteiger partial charge in [-0.15, -0.1) is 0 Å². The first kappa shape index (κ1) is 13.7. The summed E-state index contributed by atoms with van der Waals surface area (Å²) in [6.45, 7) is 0. The van der Waals surface area contributed by atoms with Crippen LogP contribution in [0.15, 0.2) is 30.4 Å². The van der Waals surface area contributed by atoms with Gasteiger partial charge in [0, 0.05) is 23.0 Å². The smallest absolute Gasteiger partial charge is 0.168 e. The maximum absolute atomic E-state index is 13.1. The van der Waals surface area contributed by atoms with Crippen molar-refractivity contribution in [2.45, 2.75) is 44.4 Å². The summed E-state index contributed by atoms with van der Waals surface area (Å²) < 4.78 is 0. The minimum absolute atomic E-state index is 0.0772. The molecule has 1 aromatic carbocycles. The molecule has 4 aliphatic carbocycles. The molecule has 4 atom stereocenters. The first-order valence-electron chi connectivity index (χ1n) is 9.15. The van der Waals surface area contributed by atoms with Crippen LogP contribution < -0.4 is 0 Å². The molecule has 5 rings (SSSR count). The monoisotopic (exact) mass is 306 g/mol. The Morgan fingerprint density at radius 1 is 0.783 bits per heavy atom. The molecule has 4 aliphatic rings. The maximum atomic E-state index is 13.1. The molecular weight excluding hydrogens is 284 g/mol. The van der Waals surface area contributed by atoms with Crippen LogP contribution in [0.3, 0.4) is 0 Å². The lowest BCUT2D eigenvalue weighted by molar-refractivity contribution is 0.0720. The first-order chi connectivity index (χ1) is 11.2. The van der Waals surface area contributed by atoms with Gasteiger partial charge in [0.2, 0.25) is 0 Å². The van der Waals surface area contributed by atoms with Gasteiger partial charge >= 0.3 is 0 Å². The second-order valence-corrected chi connectivity index (χ2v) is 7.87. The summed E-state index contributed by atoms with van der Waals surface area (Å²) in [5.41, 5.74) is 2.69. The molecule has 118 valence electrons. The number of hydrogen-bond acceptors (Lipinski definition) is 2. The second kappa shape index (κ2) is 4.90. The molecule has 2 fully saturated rings. The highest BCUT2D eigenvalue weighted by Crippen LogP contribution is 2.53. The van der Waals surface area contributed by atoms with Crippen molar-refractivity contribution in [1.82, 2.24) is 0 Å². The molecule has 0 saturated heterocycles. The third kappa shape index (κ3) is 1.87. The number of rotatable bonds is 1. The van der Waals surface area contributed by atoms with Crippen molar-refractivity contribution in [2.75, 3.05) is 0 Å². The van der Waals surface area contributed by atoms with Crippen LogP contribution in [0, 0.1) is 23.7 Å². The van der Waals surface area contributed by atoms with Crippen LogP contribution in [0.2, 0.25) is 0 Å². The van der Waals surface area contributed by atoms with Gasteiger partial charge in [0.15, 0.2) is 11.6 Å². The van der Waals surface area contributed by atoms with Crippen molar-refractivity contribution >= 4 is 11.6 Å². The third-order valence-electron chi connectivity index (χ3n) is 6.72. The Balaban J connectivity index is 1.56. The molecule has 0 aliphatic heterocycles. The number of Topliss-reactive ketones (excluding diaryl/α,β-unsaturated/α-hetero) is 2. The largest absolute Gasteiger partial charge is 0.294 e. The van der Waals surface area contributed by atoms with Gasteiger partial charge in [-0.1, -0.05) is 43.5 Å². The van der Waals surface area contributed by atoms with Crippen LogP contribution in [0.4, 0.5) is 0 Å². The summed E-state index contributed by atoms with van der Waals surface area (Å²) in [4.78, 5) is 26.0. The summed E-state index contributed by atoms with van der Waals surface area (Å²) in [5, 5.41) is 0. The molecule has 1 aromatic rings. The summed E-state index contributed by atoms with van der Waals surface area (Å²) >= 11 is 0. The Morgan fingerprint density at radius 2 is 1.43 bits per heavy atom.